The van der Waals surface area contributed by atoms with Crippen LogP contribution in [0.15, 0.2) is 12.1 Å². The molecular weight excluding hydrogens is 324 g/mol. The van der Waals surface area contributed by atoms with Crippen LogP contribution in [0.2, 0.25) is 5.02 Å². The first-order chi connectivity index (χ1) is 10.5. The lowest BCUT2D eigenvalue weighted by Crippen LogP contribution is -2.52. The van der Waals surface area contributed by atoms with Gasteiger partial charge in [-0.3, -0.25) is 4.21 Å². The number of fused-ring (bicyclic) bond motifs is 2. The molecule has 1 atom stereocenters. The van der Waals surface area contributed by atoms with Crippen molar-refractivity contribution in [3.05, 3.63) is 22.7 Å². The second-order valence-electron chi connectivity index (χ2n) is 5.85. The lowest BCUT2D eigenvalue weighted by molar-refractivity contribution is 0.205. The number of halogens is 1. The van der Waals surface area contributed by atoms with Gasteiger partial charge in [-0.1, -0.05) is 30.9 Å². The van der Waals surface area contributed by atoms with Gasteiger partial charge >= 0.3 is 6.03 Å². The van der Waals surface area contributed by atoms with E-state index in [0.29, 0.717) is 16.5 Å². The van der Waals surface area contributed by atoms with Crippen molar-refractivity contribution in [2.45, 2.75) is 37.6 Å². The number of nitrogens with one attached hydrogen (secondary N) is 2. The zero-order chi connectivity index (χ0) is 15.7. The molecule has 7 heteroatoms. The Morgan fingerprint density at radius 2 is 2.05 bits per heavy atom. The van der Waals surface area contributed by atoms with E-state index in [1.807, 2.05) is 0 Å². The molecule has 1 saturated carbocycles. The van der Waals surface area contributed by atoms with Crippen molar-refractivity contribution in [3.8, 4) is 5.75 Å². The Balaban J connectivity index is 2.10. The van der Waals surface area contributed by atoms with E-state index in [9.17, 15) is 9.00 Å². The highest BCUT2D eigenvalue weighted by Crippen LogP contribution is 2.49. The molecule has 2 N–H and O–H groups in total. The van der Waals surface area contributed by atoms with Gasteiger partial charge in [0.05, 0.1) is 27.0 Å². The van der Waals surface area contributed by atoms with Crippen LogP contribution in [0.1, 0.15) is 37.7 Å². The predicted molar refractivity (Wildman–Crippen MR) is 87.9 cm³/mol. The van der Waals surface area contributed by atoms with E-state index in [0.717, 1.165) is 37.7 Å². The summed E-state index contributed by atoms with van der Waals surface area (Å²) in [5, 5.41) is 6.37. The molecule has 1 aromatic rings. The van der Waals surface area contributed by atoms with Crippen molar-refractivity contribution >= 4 is 34.1 Å². The first kappa shape index (κ1) is 15.6. The van der Waals surface area contributed by atoms with E-state index in [-0.39, 0.29) is 12.0 Å². The predicted octanol–water partition coefficient (Wildman–Crippen LogP) is 3.35. The molecule has 120 valence electrons. The van der Waals surface area contributed by atoms with Gasteiger partial charge < -0.3 is 15.4 Å². The molecule has 2 aliphatic rings. The summed E-state index contributed by atoms with van der Waals surface area (Å²) in [6.45, 7) is 0. The first-order valence-electron chi connectivity index (χ1n) is 7.37. The molecule has 1 aliphatic carbocycles. The van der Waals surface area contributed by atoms with Crippen molar-refractivity contribution in [1.29, 1.82) is 0 Å². The number of amides is 2. The molecule has 2 amide bonds. The first-order valence-corrected chi connectivity index (χ1v) is 9.47. The number of benzene rings is 1. The van der Waals surface area contributed by atoms with E-state index in [4.69, 9.17) is 16.3 Å². The van der Waals surface area contributed by atoms with Crippen LogP contribution in [0, 0.1) is 0 Å². The number of ether oxygens (including phenoxy) is 1. The number of carbonyl (C=O) groups is 1. The largest absolute Gasteiger partial charge is 0.480 e. The van der Waals surface area contributed by atoms with Crippen LogP contribution in [0.3, 0.4) is 0 Å². The maximum absolute atomic E-state index is 12.1. The van der Waals surface area contributed by atoms with Crippen LogP contribution in [-0.4, -0.2) is 22.4 Å². The highest BCUT2D eigenvalue weighted by molar-refractivity contribution is 7.84. The molecule has 0 radical (unpaired) electrons. The molecule has 1 unspecified atom stereocenters. The molecule has 1 heterocycles. The lowest BCUT2D eigenvalue weighted by Gasteiger charge is -2.43. The Labute approximate surface area is 137 Å². The Morgan fingerprint density at radius 3 is 2.73 bits per heavy atom. The quantitative estimate of drug-likeness (QED) is 0.885. The monoisotopic (exact) mass is 342 g/mol. The second-order valence-corrected chi connectivity index (χ2v) is 7.64. The minimum absolute atomic E-state index is 0.123. The van der Waals surface area contributed by atoms with Crippen LogP contribution < -0.4 is 15.4 Å². The second kappa shape index (κ2) is 6.08. The van der Waals surface area contributed by atoms with E-state index < -0.39 is 16.3 Å². The average molecular weight is 343 g/mol. The van der Waals surface area contributed by atoms with Crippen LogP contribution in [-0.2, 0) is 16.3 Å². The molecule has 0 bridgehead atoms. The Hall–Kier alpha value is -1.27. The van der Waals surface area contributed by atoms with Crippen LogP contribution in [0.5, 0.6) is 5.75 Å². The molecule has 1 spiro atoms. The van der Waals surface area contributed by atoms with E-state index in [1.165, 1.54) is 0 Å². The van der Waals surface area contributed by atoms with Gasteiger partial charge in [-0.05, 0) is 25.0 Å². The van der Waals surface area contributed by atoms with Gasteiger partial charge in [0.25, 0.3) is 0 Å². The zero-order valence-electron chi connectivity index (χ0n) is 12.4. The number of hydrogen-bond donors (Lipinski definition) is 2. The maximum Gasteiger partial charge on any atom is 0.319 e. The summed E-state index contributed by atoms with van der Waals surface area (Å²) in [5.74, 6) is 0.766. The maximum atomic E-state index is 12.1. The van der Waals surface area contributed by atoms with E-state index in [2.05, 4.69) is 10.6 Å². The smallest absolute Gasteiger partial charge is 0.319 e. The van der Waals surface area contributed by atoms with Gasteiger partial charge in [-0.15, -0.1) is 0 Å². The summed E-state index contributed by atoms with van der Waals surface area (Å²) in [7, 11) is -1.06. The topological polar surface area (TPSA) is 67.4 Å². The van der Waals surface area contributed by atoms with Crippen molar-refractivity contribution < 1.29 is 13.7 Å². The highest BCUT2D eigenvalue weighted by atomic mass is 35.5. The van der Waals surface area contributed by atoms with Gasteiger partial charge in [-0.25, -0.2) is 4.79 Å². The number of anilines is 1. The zero-order valence-corrected chi connectivity index (χ0v) is 14.0. The molecule has 0 aromatic heterocycles. The Kier molecular flexibility index (Phi) is 4.32. The SMILES string of the molecule is CS(=O)COc1ccc(Cl)c2c1C1(CCCCC1)NC(=O)N2. The number of hydrogen-bond acceptors (Lipinski definition) is 3. The highest BCUT2D eigenvalue weighted by Gasteiger charge is 2.43. The van der Waals surface area contributed by atoms with Crippen molar-refractivity contribution in [2.75, 3.05) is 17.5 Å². The fourth-order valence-corrected chi connectivity index (χ4v) is 3.87. The number of urea groups is 1. The molecule has 3 rings (SSSR count). The summed E-state index contributed by atoms with van der Waals surface area (Å²) >= 11 is 6.29. The van der Waals surface area contributed by atoms with Crippen LogP contribution >= 0.6 is 11.6 Å². The average Bonchev–Trinajstić information content (AvgIpc) is 2.47. The summed E-state index contributed by atoms with van der Waals surface area (Å²) in [6, 6.07) is 3.27. The molecule has 22 heavy (non-hydrogen) atoms. The van der Waals surface area contributed by atoms with Gasteiger partial charge in [-0.2, -0.15) is 0 Å². The molecule has 1 aliphatic heterocycles. The number of carbonyl (C=O) groups excluding carboxylic acids is 1. The fraction of sp³-hybridized carbons (Fsp3) is 0.533. The fourth-order valence-electron chi connectivity index (χ4n) is 3.38. The normalized spacial score (nSPS) is 20.7. The van der Waals surface area contributed by atoms with E-state index >= 15 is 0 Å². The summed E-state index contributed by atoms with van der Waals surface area (Å²) in [5.41, 5.74) is 1.07. The summed E-state index contributed by atoms with van der Waals surface area (Å²) in [4.78, 5) is 12.1. The molecule has 1 aromatic carbocycles. The standard InChI is InChI=1S/C15H19ClN2O3S/c1-22(20)9-21-11-6-5-10(16)13-12(11)15(18-14(19)17-13)7-3-2-4-8-15/h5-6H,2-4,7-9H2,1H3,(H2,17,18,19). The van der Waals surface area contributed by atoms with Crippen molar-refractivity contribution in [2.24, 2.45) is 0 Å². The van der Waals surface area contributed by atoms with Gasteiger partial charge in [0.15, 0.2) is 5.94 Å². The van der Waals surface area contributed by atoms with Crippen LogP contribution in [0.25, 0.3) is 0 Å². The third-order valence-corrected chi connectivity index (χ3v) is 5.04. The third kappa shape index (κ3) is 2.82. The summed E-state index contributed by atoms with van der Waals surface area (Å²) in [6.07, 6.45) is 6.57. The lowest BCUT2D eigenvalue weighted by atomic mass is 9.74. The number of rotatable bonds is 3. The van der Waals surface area contributed by atoms with Gasteiger partial charge in [0, 0.05) is 11.8 Å². The molecular formula is C15H19ClN2O3S. The van der Waals surface area contributed by atoms with E-state index in [1.54, 1.807) is 18.4 Å². The Morgan fingerprint density at radius 1 is 1.32 bits per heavy atom. The minimum atomic E-state index is -1.06. The van der Waals surface area contributed by atoms with Gasteiger partial charge in [0.1, 0.15) is 5.75 Å². The summed E-state index contributed by atoms with van der Waals surface area (Å²) < 4.78 is 17.1. The molecule has 0 saturated heterocycles. The van der Waals surface area contributed by atoms with Crippen LogP contribution in [0.4, 0.5) is 10.5 Å². The van der Waals surface area contributed by atoms with Crippen molar-refractivity contribution in [1.82, 2.24) is 5.32 Å². The van der Waals surface area contributed by atoms with Crippen molar-refractivity contribution in [3.63, 3.8) is 0 Å². The molecule has 5 nitrogen and oxygen atoms in total. The third-order valence-electron chi connectivity index (χ3n) is 4.27. The molecule has 1 fully saturated rings. The Bertz CT molecular complexity index is 629. The van der Waals surface area contributed by atoms with Gasteiger partial charge in [0.2, 0.25) is 0 Å². The minimum Gasteiger partial charge on any atom is -0.480 e.